The van der Waals surface area contributed by atoms with E-state index in [1.165, 1.54) is 18.3 Å². The monoisotopic (exact) mass is 413 g/mol. The van der Waals surface area contributed by atoms with Gasteiger partial charge in [0, 0.05) is 48.0 Å². The molecular formula is C22H28FN5O2. The molecule has 30 heavy (non-hydrogen) atoms. The molecule has 0 radical (unpaired) electrons. The second kappa shape index (κ2) is 8.02. The zero-order chi connectivity index (χ0) is 22.1. The van der Waals surface area contributed by atoms with Crippen LogP contribution in [0.3, 0.4) is 0 Å². The fourth-order valence-electron chi connectivity index (χ4n) is 4.24. The molecule has 5 N–H and O–H groups in total. The first kappa shape index (κ1) is 21.7. The lowest BCUT2D eigenvalue weighted by Crippen LogP contribution is -2.60. The van der Waals surface area contributed by atoms with Crippen molar-refractivity contribution in [3.63, 3.8) is 0 Å². The molecule has 1 aromatic carbocycles. The normalized spacial score (nSPS) is 18.8. The van der Waals surface area contributed by atoms with Crippen LogP contribution in [-0.2, 0) is 0 Å². The summed E-state index contributed by atoms with van der Waals surface area (Å²) in [4.78, 5) is 0. The van der Waals surface area contributed by atoms with Gasteiger partial charge in [0.2, 0.25) is 5.88 Å². The number of aromatic nitrogens is 2. The first-order valence-electron chi connectivity index (χ1n) is 9.79. The zero-order valence-electron chi connectivity index (χ0n) is 17.7. The van der Waals surface area contributed by atoms with Crippen LogP contribution >= 0.6 is 0 Å². The summed E-state index contributed by atoms with van der Waals surface area (Å²) in [5.41, 5.74) is 6.01. The number of rotatable bonds is 5. The molecule has 1 aliphatic heterocycles. The molecule has 7 nitrogen and oxygen atoms in total. The summed E-state index contributed by atoms with van der Waals surface area (Å²) >= 11 is 0. The Morgan fingerprint density at radius 3 is 2.40 bits per heavy atom. The van der Waals surface area contributed by atoms with Crippen molar-refractivity contribution in [2.45, 2.75) is 57.7 Å². The lowest BCUT2D eigenvalue weighted by Gasteiger charge is -2.46. The van der Waals surface area contributed by atoms with Crippen LogP contribution in [0.25, 0.3) is 16.8 Å². The zero-order valence-corrected chi connectivity index (χ0v) is 17.7. The number of nitrogens with two attached hydrogens (primary N) is 1. The maximum atomic E-state index is 14.7. The summed E-state index contributed by atoms with van der Waals surface area (Å²) in [6, 6.07) is 5.73. The second-order valence-corrected chi connectivity index (χ2v) is 8.92. The molecule has 160 valence electrons. The third-order valence-corrected chi connectivity index (χ3v) is 5.07. The minimum absolute atomic E-state index is 0.0246. The van der Waals surface area contributed by atoms with Gasteiger partial charge < -0.3 is 26.3 Å². The van der Waals surface area contributed by atoms with Crippen molar-refractivity contribution in [1.29, 1.82) is 5.41 Å². The lowest BCUT2D eigenvalue weighted by atomic mass is 9.81. The molecular weight excluding hydrogens is 385 g/mol. The van der Waals surface area contributed by atoms with E-state index in [-0.39, 0.29) is 34.2 Å². The Hall–Kier alpha value is -3.00. The molecule has 8 heteroatoms. The van der Waals surface area contributed by atoms with Gasteiger partial charge in [0.1, 0.15) is 17.7 Å². The predicted molar refractivity (Wildman–Crippen MR) is 115 cm³/mol. The molecule has 0 atom stereocenters. The second-order valence-electron chi connectivity index (χ2n) is 8.92. The van der Waals surface area contributed by atoms with Crippen LogP contribution in [0.5, 0.6) is 11.6 Å². The number of ether oxygens (including phenoxy) is 1. The van der Waals surface area contributed by atoms with E-state index in [1.54, 1.807) is 12.1 Å². The fourth-order valence-corrected chi connectivity index (χ4v) is 4.24. The van der Waals surface area contributed by atoms with Crippen LogP contribution in [0, 0.1) is 11.2 Å². The van der Waals surface area contributed by atoms with Crippen molar-refractivity contribution < 1.29 is 14.2 Å². The van der Waals surface area contributed by atoms with E-state index >= 15 is 0 Å². The van der Waals surface area contributed by atoms with Crippen molar-refractivity contribution in [2.24, 2.45) is 5.73 Å². The minimum Gasteiger partial charge on any atom is -0.507 e. The third-order valence-electron chi connectivity index (χ3n) is 5.07. The molecule has 1 aliphatic rings. The van der Waals surface area contributed by atoms with Crippen LogP contribution in [-0.4, -0.2) is 38.7 Å². The van der Waals surface area contributed by atoms with Crippen LogP contribution in [0.4, 0.5) is 4.39 Å². The SMILES string of the molecule is CC1(C)CC(Oc2ccc(-c3c(O)cc(/C(C=N)=C/N)cc3F)nn2)CC(C)(C)N1. The maximum Gasteiger partial charge on any atom is 0.233 e. The molecule has 0 aliphatic carbocycles. The molecule has 0 saturated carbocycles. The number of aromatic hydroxyl groups is 1. The van der Waals surface area contributed by atoms with Crippen LogP contribution < -0.4 is 15.8 Å². The summed E-state index contributed by atoms with van der Waals surface area (Å²) in [5.74, 6) is -0.641. The Bertz CT molecular complexity index is 931. The number of allylic oxidation sites excluding steroid dienone is 1. The molecule has 1 aromatic heterocycles. The van der Waals surface area contributed by atoms with Crippen molar-refractivity contribution in [3.05, 3.63) is 41.8 Å². The smallest absolute Gasteiger partial charge is 0.233 e. The predicted octanol–water partition coefficient (Wildman–Crippen LogP) is 3.63. The molecule has 1 saturated heterocycles. The molecule has 3 rings (SSSR count). The fraction of sp³-hybridized carbons (Fsp3) is 0.409. The van der Waals surface area contributed by atoms with E-state index in [4.69, 9.17) is 15.9 Å². The van der Waals surface area contributed by atoms with Crippen molar-refractivity contribution >= 4 is 11.8 Å². The van der Waals surface area contributed by atoms with Crippen molar-refractivity contribution in [2.75, 3.05) is 0 Å². The summed E-state index contributed by atoms with van der Waals surface area (Å²) in [6.45, 7) is 8.55. The first-order chi connectivity index (χ1) is 14.0. The number of benzene rings is 1. The molecule has 2 aromatic rings. The van der Waals surface area contributed by atoms with Crippen molar-refractivity contribution in [1.82, 2.24) is 15.5 Å². The average Bonchev–Trinajstić information content (AvgIpc) is 2.61. The number of hydrogen-bond donors (Lipinski definition) is 4. The Morgan fingerprint density at radius 1 is 1.23 bits per heavy atom. The topological polar surface area (TPSA) is 117 Å². The Balaban J connectivity index is 1.82. The lowest BCUT2D eigenvalue weighted by molar-refractivity contribution is 0.0524. The van der Waals surface area contributed by atoms with E-state index in [0.29, 0.717) is 17.0 Å². The summed E-state index contributed by atoms with van der Waals surface area (Å²) in [7, 11) is 0. The van der Waals surface area contributed by atoms with Crippen LogP contribution in [0.15, 0.2) is 30.5 Å². The number of phenols is 1. The van der Waals surface area contributed by atoms with E-state index in [1.807, 2.05) is 0 Å². The van der Waals surface area contributed by atoms with Crippen LogP contribution in [0.1, 0.15) is 46.1 Å². The van der Waals surface area contributed by atoms with Gasteiger partial charge in [-0.1, -0.05) is 0 Å². The minimum atomic E-state index is -0.684. The van der Waals surface area contributed by atoms with Gasteiger partial charge in [-0.3, -0.25) is 0 Å². The van der Waals surface area contributed by atoms with Gasteiger partial charge in [-0.2, -0.15) is 0 Å². The molecule has 0 spiro atoms. The molecule has 0 bridgehead atoms. The highest BCUT2D eigenvalue weighted by Crippen LogP contribution is 2.34. The first-order valence-corrected chi connectivity index (χ1v) is 9.79. The highest BCUT2D eigenvalue weighted by molar-refractivity contribution is 6.08. The summed E-state index contributed by atoms with van der Waals surface area (Å²) in [5, 5.41) is 29.4. The van der Waals surface area contributed by atoms with E-state index in [0.717, 1.165) is 19.1 Å². The van der Waals surface area contributed by atoms with Crippen molar-refractivity contribution in [3.8, 4) is 22.9 Å². The molecule has 2 heterocycles. The van der Waals surface area contributed by atoms with E-state index in [9.17, 15) is 9.50 Å². The third kappa shape index (κ3) is 4.76. The Kier molecular flexibility index (Phi) is 5.81. The van der Waals surface area contributed by atoms with Gasteiger partial charge >= 0.3 is 0 Å². The number of nitrogens with zero attached hydrogens (tertiary/aromatic N) is 2. The largest absolute Gasteiger partial charge is 0.507 e. The number of phenolic OH excluding ortho intramolecular Hbond substituents is 1. The van der Waals surface area contributed by atoms with E-state index < -0.39 is 5.82 Å². The van der Waals surface area contributed by atoms with E-state index in [2.05, 4.69) is 43.2 Å². The molecule has 0 unspecified atom stereocenters. The molecule has 0 amide bonds. The average molecular weight is 413 g/mol. The highest BCUT2D eigenvalue weighted by Gasteiger charge is 2.38. The summed E-state index contributed by atoms with van der Waals surface area (Å²) in [6.07, 6.45) is 3.78. The van der Waals surface area contributed by atoms with Gasteiger partial charge in [0.25, 0.3) is 0 Å². The van der Waals surface area contributed by atoms with Gasteiger partial charge in [-0.05, 0) is 51.5 Å². The summed E-state index contributed by atoms with van der Waals surface area (Å²) < 4.78 is 20.7. The Morgan fingerprint density at radius 2 is 1.90 bits per heavy atom. The Labute approximate surface area is 175 Å². The maximum absolute atomic E-state index is 14.7. The van der Waals surface area contributed by atoms with Gasteiger partial charge in [-0.25, -0.2) is 4.39 Å². The number of piperidine rings is 1. The van der Waals surface area contributed by atoms with Gasteiger partial charge in [0.15, 0.2) is 0 Å². The van der Waals surface area contributed by atoms with Gasteiger partial charge in [-0.15, -0.1) is 10.2 Å². The van der Waals surface area contributed by atoms with Crippen LogP contribution in [0.2, 0.25) is 0 Å². The van der Waals surface area contributed by atoms with Gasteiger partial charge in [0.05, 0.1) is 11.3 Å². The quantitative estimate of drug-likeness (QED) is 0.556. The highest BCUT2D eigenvalue weighted by atomic mass is 19.1. The number of nitrogens with one attached hydrogen (secondary N) is 2. The number of hydrogen-bond acceptors (Lipinski definition) is 7. The molecule has 1 fully saturated rings. The standard InChI is InChI=1S/C22H28FN5O2/c1-21(2)9-15(10-22(3,4)28-21)30-19-6-5-17(26-27-19)20-16(23)7-13(8-18(20)29)14(11-24)12-25/h5-8,11-12,15,24,28-29H,9-10,25H2,1-4H3/b14-12+,24-11?. The number of halogens is 1.